The number of halogens is 4. The minimum absolute atomic E-state index is 0.215. The van der Waals surface area contributed by atoms with Crippen molar-refractivity contribution < 1.29 is 18.3 Å². The molecule has 2 rings (SSSR count). The lowest BCUT2D eigenvalue weighted by Crippen LogP contribution is -2.25. The number of carbonyl (C=O) groups excluding carboxylic acids is 1. The molecule has 21 heavy (non-hydrogen) atoms. The smallest absolute Gasteiger partial charge is 0.205 e. The Kier molecular flexibility index (Phi) is 4.80. The quantitative estimate of drug-likeness (QED) is 0.743. The molecule has 0 saturated carbocycles. The van der Waals surface area contributed by atoms with E-state index < -0.39 is 23.5 Å². The molecule has 0 aromatic heterocycles. The number of benzene rings is 2. The van der Waals surface area contributed by atoms with E-state index in [9.17, 15) is 13.6 Å². The first-order chi connectivity index (χ1) is 9.88. The highest BCUT2D eigenvalue weighted by Gasteiger charge is 2.21. The molecule has 0 fully saturated rings. The van der Waals surface area contributed by atoms with Crippen LogP contribution in [-0.2, 0) is 0 Å². The van der Waals surface area contributed by atoms with E-state index in [4.69, 9.17) is 27.9 Å². The fourth-order valence-electron chi connectivity index (χ4n) is 1.72. The Morgan fingerprint density at radius 2 is 1.86 bits per heavy atom. The fourth-order valence-corrected chi connectivity index (χ4v) is 2.04. The Morgan fingerprint density at radius 1 is 1.14 bits per heavy atom. The summed E-state index contributed by atoms with van der Waals surface area (Å²) in [6.45, 7) is 1.45. The monoisotopic (exact) mass is 330 g/mol. The molecule has 0 aliphatic carbocycles. The van der Waals surface area contributed by atoms with Gasteiger partial charge in [-0.3, -0.25) is 4.79 Å². The van der Waals surface area contributed by atoms with Crippen LogP contribution >= 0.6 is 23.2 Å². The van der Waals surface area contributed by atoms with Crippen LogP contribution in [0.4, 0.5) is 8.78 Å². The number of ether oxygens (including phenoxy) is 1. The average molecular weight is 331 g/mol. The molecule has 6 heteroatoms. The molecular weight excluding hydrogens is 321 g/mol. The maximum atomic E-state index is 13.6. The minimum Gasteiger partial charge on any atom is -0.481 e. The molecular formula is C15H10Cl2F2O2. The Balaban J connectivity index is 2.21. The SMILES string of the molecule is CC(Oc1cc(Cl)ccc1Cl)C(=O)c1ccc(F)cc1F. The first-order valence-electron chi connectivity index (χ1n) is 5.99. The molecule has 0 bridgehead atoms. The second-order valence-corrected chi connectivity index (χ2v) is 5.17. The highest BCUT2D eigenvalue weighted by atomic mass is 35.5. The van der Waals surface area contributed by atoms with Crippen LogP contribution in [0, 0.1) is 11.6 Å². The van der Waals surface area contributed by atoms with E-state index in [1.807, 2.05) is 0 Å². The van der Waals surface area contributed by atoms with E-state index in [2.05, 4.69) is 0 Å². The molecule has 2 aromatic rings. The van der Waals surface area contributed by atoms with Gasteiger partial charge >= 0.3 is 0 Å². The van der Waals surface area contributed by atoms with Crippen molar-refractivity contribution in [3.05, 3.63) is 63.6 Å². The van der Waals surface area contributed by atoms with Crippen molar-refractivity contribution in [3.8, 4) is 5.75 Å². The zero-order valence-corrected chi connectivity index (χ0v) is 12.4. The zero-order chi connectivity index (χ0) is 15.6. The maximum Gasteiger partial charge on any atom is 0.205 e. The number of Topliss-reactive ketones (excluding diaryl/α,β-unsaturated/α-hetero) is 1. The lowest BCUT2D eigenvalue weighted by atomic mass is 10.1. The highest BCUT2D eigenvalue weighted by molar-refractivity contribution is 6.34. The summed E-state index contributed by atoms with van der Waals surface area (Å²) in [7, 11) is 0. The molecule has 2 nitrogen and oxygen atoms in total. The van der Waals surface area contributed by atoms with Gasteiger partial charge in [0.2, 0.25) is 5.78 Å². The standard InChI is InChI=1S/C15H10Cl2F2O2/c1-8(21-14-6-9(16)2-5-12(14)17)15(20)11-4-3-10(18)7-13(11)19/h2-8H,1H3. The van der Waals surface area contributed by atoms with Gasteiger partial charge in [0, 0.05) is 17.2 Å². The van der Waals surface area contributed by atoms with E-state index in [1.165, 1.54) is 19.1 Å². The fraction of sp³-hybridized carbons (Fsp3) is 0.133. The van der Waals surface area contributed by atoms with Crippen molar-refractivity contribution in [1.29, 1.82) is 0 Å². The molecule has 0 N–H and O–H groups in total. The number of ketones is 1. The highest BCUT2D eigenvalue weighted by Crippen LogP contribution is 2.29. The molecule has 0 heterocycles. The van der Waals surface area contributed by atoms with Crippen molar-refractivity contribution in [2.75, 3.05) is 0 Å². The van der Waals surface area contributed by atoms with Crippen LogP contribution in [0.25, 0.3) is 0 Å². The van der Waals surface area contributed by atoms with Crippen LogP contribution in [0.3, 0.4) is 0 Å². The molecule has 1 unspecified atom stereocenters. The summed E-state index contributed by atoms with van der Waals surface area (Å²) in [4.78, 5) is 12.1. The maximum absolute atomic E-state index is 13.6. The summed E-state index contributed by atoms with van der Waals surface area (Å²) in [5, 5.41) is 0.667. The molecule has 0 saturated heterocycles. The summed E-state index contributed by atoms with van der Waals surface area (Å²) < 4.78 is 31.8. The summed E-state index contributed by atoms with van der Waals surface area (Å²) in [5.41, 5.74) is -0.248. The van der Waals surface area contributed by atoms with Gasteiger partial charge in [0.1, 0.15) is 17.4 Å². The van der Waals surface area contributed by atoms with Gasteiger partial charge in [-0.15, -0.1) is 0 Å². The van der Waals surface area contributed by atoms with E-state index in [0.29, 0.717) is 11.1 Å². The van der Waals surface area contributed by atoms with Crippen LogP contribution < -0.4 is 4.74 Å². The Bertz CT molecular complexity index is 689. The minimum atomic E-state index is -0.999. The third kappa shape index (κ3) is 3.71. The third-order valence-corrected chi connectivity index (χ3v) is 3.31. The molecule has 0 spiro atoms. The van der Waals surface area contributed by atoms with Gasteiger partial charge in [0.05, 0.1) is 10.6 Å². The second-order valence-electron chi connectivity index (χ2n) is 4.32. The number of rotatable bonds is 4. The summed E-state index contributed by atoms with van der Waals surface area (Å²) in [5.74, 6) is -2.10. The molecule has 0 aliphatic rings. The van der Waals surface area contributed by atoms with E-state index in [1.54, 1.807) is 6.07 Å². The Hall–Kier alpha value is -1.65. The van der Waals surface area contributed by atoms with Crippen molar-refractivity contribution in [2.45, 2.75) is 13.0 Å². The predicted molar refractivity (Wildman–Crippen MR) is 77.2 cm³/mol. The largest absolute Gasteiger partial charge is 0.481 e. The number of carbonyl (C=O) groups is 1. The molecule has 110 valence electrons. The van der Waals surface area contributed by atoms with Crippen molar-refractivity contribution >= 4 is 29.0 Å². The lowest BCUT2D eigenvalue weighted by molar-refractivity contribution is 0.0814. The van der Waals surface area contributed by atoms with Crippen molar-refractivity contribution in [1.82, 2.24) is 0 Å². The summed E-state index contributed by atoms with van der Waals surface area (Å²) >= 11 is 11.7. The van der Waals surface area contributed by atoms with Crippen molar-refractivity contribution in [2.24, 2.45) is 0 Å². The molecule has 0 radical (unpaired) electrons. The van der Waals surface area contributed by atoms with E-state index in [-0.39, 0.29) is 16.3 Å². The average Bonchev–Trinajstić information content (AvgIpc) is 2.42. The van der Waals surface area contributed by atoms with Crippen LogP contribution in [0.2, 0.25) is 10.0 Å². The molecule has 1 atom stereocenters. The molecule has 0 amide bonds. The normalized spacial score (nSPS) is 12.0. The van der Waals surface area contributed by atoms with Crippen LogP contribution in [-0.4, -0.2) is 11.9 Å². The lowest BCUT2D eigenvalue weighted by Gasteiger charge is -2.15. The molecule has 2 aromatic carbocycles. The first-order valence-corrected chi connectivity index (χ1v) is 6.75. The topological polar surface area (TPSA) is 26.3 Å². The van der Waals surface area contributed by atoms with Gasteiger partial charge in [-0.1, -0.05) is 23.2 Å². The Morgan fingerprint density at radius 3 is 2.52 bits per heavy atom. The van der Waals surface area contributed by atoms with Gasteiger partial charge in [0.15, 0.2) is 6.10 Å². The predicted octanol–water partition coefficient (Wildman–Crippen LogP) is 4.92. The number of hydrogen-bond acceptors (Lipinski definition) is 2. The number of hydrogen-bond donors (Lipinski definition) is 0. The molecule has 0 aliphatic heterocycles. The third-order valence-electron chi connectivity index (χ3n) is 2.76. The zero-order valence-electron chi connectivity index (χ0n) is 10.9. The van der Waals surface area contributed by atoms with Gasteiger partial charge in [-0.25, -0.2) is 8.78 Å². The summed E-state index contributed by atoms with van der Waals surface area (Å²) in [6, 6.07) is 7.28. The van der Waals surface area contributed by atoms with Crippen LogP contribution in [0.5, 0.6) is 5.75 Å². The van der Waals surface area contributed by atoms with Gasteiger partial charge < -0.3 is 4.74 Å². The summed E-state index contributed by atoms with van der Waals surface area (Å²) in [6.07, 6.45) is -0.999. The Labute approximate surface area is 130 Å². The van der Waals surface area contributed by atoms with E-state index >= 15 is 0 Å². The van der Waals surface area contributed by atoms with Crippen molar-refractivity contribution in [3.63, 3.8) is 0 Å². The van der Waals surface area contributed by atoms with Gasteiger partial charge in [0.25, 0.3) is 0 Å². The van der Waals surface area contributed by atoms with Gasteiger partial charge in [-0.2, -0.15) is 0 Å². The second kappa shape index (κ2) is 6.41. The van der Waals surface area contributed by atoms with E-state index in [0.717, 1.165) is 12.1 Å². The van der Waals surface area contributed by atoms with Gasteiger partial charge in [-0.05, 0) is 31.2 Å². The first kappa shape index (κ1) is 15.7. The van der Waals surface area contributed by atoms with Crippen LogP contribution in [0.1, 0.15) is 17.3 Å². The van der Waals surface area contributed by atoms with Crippen LogP contribution in [0.15, 0.2) is 36.4 Å².